The van der Waals surface area contributed by atoms with Gasteiger partial charge in [0.15, 0.2) is 0 Å². The van der Waals surface area contributed by atoms with E-state index in [4.69, 9.17) is 0 Å². The SMILES string of the molecule is CC(C)CNC(=O)N[C@@H](Cc1ccc(-c2ccccc2)cc1)C(=O)O. The van der Waals surface area contributed by atoms with Crippen LogP contribution in [0.4, 0.5) is 4.79 Å². The zero-order chi connectivity index (χ0) is 18.2. The largest absolute Gasteiger partial charge is 0.480 e. The third-order valence-electron chi connectivity index (χ3n) is 3.78. The van der Waals surface area contributed by atoms with Crippen molar-refractivity contribution in [1.29, 1.82) is 0 Å². The lowest BCUT2D eigenvalue weighted by molar-refractivity contribution is -0.139. The molecule has 25 heavy (non-hydrogen) atoms. The maximum Gasteiger partial charge on any atom is 0.326 e. The van der Waals surface area contributed by atoms with Crippen molar-refractivity contribution in [3.63, 3.8) is 0 Å². The van der Waals surface area contributed by atoms with Gasteiger partial charge in [0.25, 0.3) is 0 Å². The van der Waals surface area contributed by atoms with Crippen LogP contribution in [-0.2, 0) is 11.2 Å². The first kappa shape index (κ1) is 18.5. The van der Waals surface area contributed by atoms with Crippen molar-refractivity contribution in [2.75, 3.05) is 6.54 Å². The van der Waals surface area contributed by atoms with E-state index < -0.39 is 18.0 Å². The molecule has 0 aliphatic rings. The molecule has 3 N–H and O–H groups in total. The number of aliphatic carboxylic acids is 1. The summed E-state index contributed by atoms with van der Waals surface area (Å²) in [6.07, 6.45) is 0.236. The number of urea groups is 1. The fourth-order valence-corrected chi connectivity index (χ4v) is 2.41. The lowest BCUT2D eigenvalue weighted by Gasteiger charge is -2.16. The first-order chi connectivity index (χ1) is 12.0. The van der Waals surface area contributed by atoms with Crippen molar-refractivity contribution in [1.82, 2.24) is 10.6 Å². The monoisotopic (exact) mass is 340 g/mol. The molecule has 1 atom stereocenters. The number of rotatable bonds is 7. The predicted octanol–water partition coefficient (Wildman–Crippen LogP) is 3.30. The minimum Gasteiger partial charge on any atom is -0.480 e. The molecule has 2 amide bonds. The van der Waals surface area contributed by atoms with Gasteiger partial charge < -0.3 is 15.7 Å². The Balaban J connectivity index is 1.99. The van der Waals surface area contributed by atoms with Crippen molar-refractivity contribution in [2.24, 2.45) is 5.92 Å². The van der Waals surface area contributed by atoms with Crippen molar-refractivity contribution in [2.45, 2.75) is 26.3 Å². The highest BCUT2D eigenvalue weighted by Gasteiger charge is 2.20. The Morgan fingerprint density at radius 3 is 2.12 bits per heavy atom. The number of nitrogens with one attached hydrogen (secondary N) is 2. The van der Waals surface area contributed by atoms with Crippen LogP contribution in [0.2, 0.25) is 0 Å². The maximum atomic E-state index is 11.8. The molecule has 2 rings (SSSR count). The molecular formula is C20H24N2O3. The highest BCUT2D eigenvalue weighted by atomic mass is 16.4. The van der Waals surface area contributed by atoms with E-state index in [9.17, 15) is 14.7 Å². The van der Waals surface area contributed by atoms with Gasteiger partial charge in [-0.25, -0.2) is 9.59 Å². The number of carboxylic acids is 1. The second-order valence-electron chi connectivity index (χ2n) is 6.41. The molecule has 0 aromatic heterocycles. The van der Waals surface area contributed by atoms with Gasteiger partial charge in [0.1, 0.15) is 6.04 Å². The van der Waals surface area contributed by atoms with Crippen LogP contribution >= 0.6 is 0 Å². The second-order valence-corrected chi connectivity index (χ2v) is 6.41. The molecule has 0 radical (unpaired) electrons. The van der Waals surface area contributed by atoms with E-state index in [1.165, 1.54) is 0 Å². The number of hydrogen-bond acceptors (Lipinski definition) is 2. The Kier molecular flexibility index (Phi) is 6.57. The minimum atomic E-state index is -1.05. The van der Waals surface area contributed by atoms with Crippen LogP contribution in [0.25, 0.3) is 11.1 Å². The standard InChI is InChI=1S/C20H24N2O3/c1-14(2)13-21-20(25)22-18(19(23)24)12-15-8-10-17(11-9-15)16-6-4-3-5-7-16/h3-11,14,18H,12-13H2,1-2H3,(H,23,24)(H2,21,22,25)/t18-/m0/s1. The van der Waals surface area contributed by atoms with Crippen molar-refractivity contribution >= 4 is 12.0 Å². The highest BCUT2D eigenvalue weighted by Crippen LogP contribution is 2.19. The number of hydrogen-bond donors (Lipinski definition) is 3. The fourth-order valence-electron chi connectivity index (χ4n) is 2.41. The Hall–Kier alpha value is -2.82. The summed E-state index contributed by atoms with van der Waals surface area (Å²) in [7, 11) is 0. The van der Waals surface area contributed by atoms with Gasteiger partial charge in [-0.2, -0.15) is 0 Å². The summed E-state index contributed by atoms with van der Waals surface area (Å²) < 4.78 is 0. The van der Waals surface area contributed by atoms with Crippen LogP contribution < -0.4 is 10.6 Å². The van der Waals surface area contributed by atoms with Gasteiger partial charge >= 0.3 is 12.0 Å². The molecule has 0 aliphatic carbocycles. The summed E-state index contributed by atoms with van der Waals surface area (Å²) >= 11 is 0. The normalized spacial score (nSPS) is 11.8. The number of amides is 2. The van der Waals surface area contributed by atoms with Gasteiger partial charge in [0.05, 0.1) is 0 Å². The topological polar surface area (TPSA) is 78.4 Å². The van der Waals surface area contributed by atoms with E-state index >= 15 is 0 Å². The zero-order valence-corrected chi connectivity index (χ0v) is 14.5. The zero-order valence-electron chi connectivity index (χ0n) is 14.5. The molecule has 0 saturated heterocycles. The molecule has 0 bridgehead atoms. The third-order valence-corrected chi connectivity index (χ3v) is 3.78. The quantitative estimate of drug-likeness (QED) is 0.723. The highest BCUT2D eigenvalue weighted by molar-refractivity contribution is 5.82. The molecule has 0 heterocycles. The van der Waals surface area contributed by atoms with Crippen molar-refractivity contribution in [3.05, 3.63) is 60.2 Å². The van der Waals surface area contributed by atoms with Crippen LogP contribution in [0, 0.1) is 5.92 Å². The minimum absolute atomic E-state index is 0.236. The summed E-state index contributed by atoms with van der Waals surface area (Å²) in [6.45, 7) is 4.45. The Bertz CT molecular complexity index is 697. The van der Waals surface area contributed by atoms with E-state index in [1.807, 2.05) is 68.4 Å². The molecule has 0 fully saturated rings. The Morgan fingerprint density at radius 2 is 1.56 bits per heavy atom. The first-order valence-electron chi connectivity index (χ1n) is 8.37. The molecule has 0 spiro atoms. The Labute approximate surface area is 148 Å². The van der Waals surface area contributed by atoms with Gasteiger partial charge in [-0.3, -0.25) is 0 Å². The number of carboxylic acid groups (broad SMARTS) is 1. The van der Waals surface area contributed by atoms with Crippen LogP contribution in [0.5, 0.6) is 0 Å². The summed E-state index contributed by atoms with van der Waals surface area (Å²) in [5.74, 6) is -0.744. The average molecular weight is 340 g/mol. The van der Waals surface area contributed by atoms with Gasteiger partial charge in [-0.05, 0) is 22.6 Å². The molecule has 2 aromatic carbocycles. The molecular weight excluding hydrogens is 316 g/mol. The van der Waals surface area contributed by atoms with Gasteiger partial charge in [0, 0.05) is 13.0 Å². The second kappa shape index (κ2) is 8.87. The third kappa shape index (κ3) is 5.95. The van der Waals surface area contributed by atoms with Gasteiger partial charge in [-0.15, -0.1) is 0 Å². The number of carbonyl (C=O) groups is 2. The number of carbonyl (C=O) groups excluding carboxylic acids is 1. The number of benzene rings is 2. The molecule has 2 aromatic rings. The van der Waals surface area contributed by atoms with Crippen molar-refractivity contribution < 1.29 is 14.7 Å². The summed E-state index contributed by atoms with van der Waals surface area (Å²) in [6, 6.07) is 16.3. The molecule has 132 valence electrons. The van der Waals surface area contributed by atoms with E-state index in [2.05, 4.69) is 10.6 Å². The lowest BCUT2D eigenvalue weighted by atomic mass is 10.0. The van der Waals surface area contributed by atoms with E-state index in [1.54, 1.807) is 0 Å². The predicted molar refractivity (Wildman–Crippen MR) is 98.4 cm³/mol. The molecule has 0 saturated carbocycles. The van der Waals surface area contributed by atoms with Crippen LogP contribution in [0.3, 0.4) is 0 Å². The smallest absolute Gasteiger partial charge is 0.326 e. The van der Waals surface area contributed by atoms with Gasteiger partial charge in [-0.1, -0.05) is 68.4 Å². The van der Waals surface area contributed by atoms with Gasteiger partial charge in [0.2, 0.25) is 0 Å². The average Bonchev–Trinajstić information content (AvgIpc) is 2.60. The molecule has 5 nitrogen and oxygen atoms in total. The van der Waals surface area contributed by atoms with Crippen molar-refractivity contribution in [3.8, 4) is 11.1 Å². The summed E-state index contributed by atoms with van der Waals surface area (Å²) in [5, 5.41) is 14.5. The summed E-state index contributed by atoms with van der Waals surface area (Å²) in [5.41, 5.74) is 3.03. The first-order valence-corrected chi connectivity index (χ1v) is 8.37. The molecule has 5 heteroatoms. The van der Waals surface area contributed by atoms with Crippen LogP contribution in [0.15, 0.2) is 54.6 Å². The Morgan fingerprint density at radius 1 is 0.960 bits per heavy atom. The van der Waals surface area contributed by atoms with Crippen LogP contribution in [0.1, 0.15) is 19.4 Å². The lowest BCUT2D eigenvalue weighted by Crippen LogP contribution is -2.47. The maximum absolute atomic E-state index is 11.8. The van der Waals surface area contributed by atoms with E-state index in [0.29, 0.717) is 12.5 Å². The van der Waals surface area contributed by atoms with E-state index in [0.717, 1.165) is 16.7 Å². The van der Waals surface area contributed by atoms with Crippen LogP contribution in [-0.4, -0.2) is 29.7 Å². The van der Waals surface area contributed by atoms with E-state index in [-0.39, 0.29) is 6.42 Å². The molecule has 0 aliphatic heterocycles. The fraction of sp³-hybridized carbons (Fsp3) is 0.300. The summed E-state index contributed by atoms with van der Waals surface area (Å²) in [4.78, 5) is 23.2. The molecule has 0 unspecified atom stereocenters.